The molecule has 8 nitrogen and oxygen atoms in total. The van der Waals surface area contributed by atoms with E-state index in [-0.39, 0.29) is 13.0 Å². The van der Waals surface area contributed by atoms with Crippen molar-refractivity contribution in [2.75, 3.05) is 19.3 Å². The molecule has 0 bridgehead atoms. The summed E-state index contributed by atoms with van der Waals surface area (Å²) in [4.78, 5) is 25.2. The zero-order chi connectivity index (χ0) is 32.0. The molecule has 0 amide bonds. The van der Waals surface area contributed by atoms with Crippen molar-refractivity contribution in [2.24, 2.45) is 5.92 Å². The first-order valence-electron chi connectivity index (χ1n) is 15.0. The number of rotatable bonds is 20. The van der Waals surface area contributed by atoms with Crippen LogP contribution in [0, 0.1) is 17.6 Å². The van der Waals surface area contributed by atoms with Gasteiger partial charge in [-0.25, -0.2) is 17.2 Å². The van der Waals surface area contributed by atoms with E-state index in [0.29, 0.717) is 37.8 Å². The fraction of sp³-hybridized carbons (Fsp3) is 0.562. The summed E-state index contributed by atoms with van der Waals surface area (Å²) in [7, 11) is -2.18. The van der Waals surface area contributed by atoms with Crippen molar-refractivity contribution >= 4 is 21.8 Å². The van der Waals surface area contributed by atoms with Crippen molar-refractivity contribution in [3.8, 4) is 0 Å². The van der Waals surface area contributed by atoms with Gasteiger partial charge in [-0.1, -0.05) is 57.9 Å². The number of carbonyl (C=O) groups is 2. The molecule has 43 heavy (non-hydrogen) atoms. The number of carboxylic acid groups (broad SMARTS) is 1. The molecule has 240 valence electrons. The number of hydrogen-bond donors (Lipinski definition) is 3. The average Bonchev–Trinajstić information content (AvgIpc) is 2.94. The minimum atomic E-state index is -3.79. The Balaban J connectivity index is 2.32. The summed E-state index contributed by atoms with van der Waals surface area (Å²) in [5.74, 6) is -5.78. The third kappa shape index (κ3) is 12.3. The van der Waals surface area contributed by atoms with E-state index < -0.39 is 68.9 Å². The normalized spacial score (nSPS) is 13.9. The number of benzene rings is 2. The summed E-state index contributed by atoms with van der Waals surface area (Å²) < 4.78 is 60.3. The molecule has 0 fully saturated rings. The molecule has 0 saturated carbocycles. The maximum Gasteiger partial charge on any atom is 0.310 e. The summed E-state index contributed by atoms with van der Waals surface area (Å²) >= 11 is 0. The number of aryl methyl sites for hydroxylation is 1. The van der Waals surface area contributed by atoms with Crippen molar-refractivity contribution in [1.29, 1.82) is 0 Å². The Bertz CT molecular complexity index is 1260. The van der Waals surface area contributed by atoms with E-state index in [4.69, 9.17) is 4.74 Å². The second-order valence-electron chi connectivity index (χ2n) is 11.0. The van der Waals surface area contributed by atoms with Crippen molar-refractivity contribution < 1.29 is 36.6 Å². The zero-order valence-corrected chi connectivity index (χ0v) is 26.4. The number of carbonyl (C=O) groups excluding carboxylic acids is 1. The molecule has 0 aliphatic carbocycles. The van der Waals surface area contributed by atoms with E-state index in [9.17, 15) is 31.9 Å². The van der Waals surface area contributed by atoms with Crippen LogP contribution in [0.3, 0.4) is 0 Å². The number of halogens is 2. The van der Waals surface area contributed by atoms with Gasteiger partial charge in [0, 0.05) is 25.2 Å². The lowest BCUT2D eigenvalue weighted by Crippen LogP contribution is -2.48. The first-order chi connectivity index (χ1) is 20.4. The molecule has 0 aliphatic heterocycles. The summed E-state index contributed by atoms with van der Waals surface area (Å²) in [5.41, 5.74) is 2.50. The SMILES string of the molecule is CCCC(CCC)S(=O)(=O)CC(CC(=O)O)C(=O)O[C@H](CNCc1cccc(CC)c1)[C@H](Cc1cc(F)cc(F)c1)NC. The molecule has 0 aliphatic rings. The Kier molecular flexibility index (Phi) is 15.2. The van der Waals surface area contributed by atoms with Gasteiger partial charge in [0.1, 0.15) is 17.7 Å². The molecule has 0 radical (unpaired) electrons. The number of aliphatic carboxylic acids is 1. The van der Waals surface area contributed by atoms with Crippen LogP contribution in [0.5, 0.6) is 0 Å². The van der Waals surface area contributed by atoms with Crippen LogP contribution >= 0.6 is 0 Å². The lowest BCUT2D eigenvalue weighted by molar-refractivity contribution is -0.157. The van der Waals surface area contributed by atoms with Crippen LogP contribution in [0.4, 0.5) is 8.78 Å². The van der Waals surface area contributed by atoms with Gasteiger partial charge >= 0.3 is 11.9 Å². The van der Waals surface area contributed by atoms with E-state index >= 15 is 0 Å². The maximum absolute atomic E-state index is 13.9. The van der Waals surface area contributed by atoms with Gasteiger partial charge in [0.15, 0.2) is 9.84 Å². The van der Waals surface area contributed by atoms with Crippen LogP contribution in [0.15, 0.2) is 42.5 Å². The van der Waals surface area contributed by atoms with Gasteiger partial charge in [0.25, 0.3) is 0 Å². The monoisotopic (exact) mass is 624 g/mol. The van der Waals surface area contributed by atoms with E-state index in [1.165, 1.54) is 12.1 Å². The summed E-state index contributed by atoms with van der Waals surface area (Å²) in [6, 6.07) is 10.5. The fourth-order valence-electron chi connectivity index (χ4n) is 5.22. The predicted octanol–water partition coefficient (Wildman–Crippen LogP) is 4.83. The smallest absolute Gasteiger partial charge is 0.310 e. The van der Waals surface area contributed by atoms with Crippen LogP contribution in [-0.2, 0) is 43.5 Å². The van der Waals surface area contributed by atoms with E-state index in [2.05, 4.69) is 23.6 Å². The first kappa shape index (κ1) is 36.3. The lowest BCUT2D eigenvalue weighted by atomic mass is 10.00. The second kappa shape index (κ2) is 18.0. The molecule has 0 heterocycles. The number of hydrogen-bond acceptors (Lipinski definition) is 7. The Morgan fingerprint density at radius 1 is 0.953 bits per heavy atom. The molecule has 0 aromatic heterocycles. The molecule has 2 rings (SSSR count). The van der Waals surface area contributed by atoms with E-state index in [1.807, 2.05) is 32.0 Å². The van der Waals surface area contributed by atoms with Gasteiger partial charge < -0.3 is 20.5 Å². The molecule has 0 saturated heterocycles. The average molecular weight is 625 g/mol. The van der Waals surface area contributed by atoms with Gasteiger partial charge in [-0.05, 0) is 61.6 Å². The number of sulfone groups is 1. The minimum absolute atomic E-state index is 0.0904. The van der Waals surface area contributed by atoms with Crippen molar-refractivity contribution in [1.82, 2.24) is 10.6 Å². The maximum atomic E-state index is 13.9. The van der Waals surface area contributed by atoms with Crippen molar-refractivity contribution in [3.63, 3.8) is 0 Å². The minimum Gasteiger partial charge on any atom is -0.481 e. The molecule has 0 spiro atoms. The van der Waals surface area contributed by atoms with E-state index in [1.54, 1.807) is 7.05 Å². The molecule has 2 aromatic carbocycles. The zero-order valence-electron chi connectivity index (χ0n) is 25.6. The fourth-order valence-corrected chi connectivity index (χ4v) is 7.49. The molecule has 11 heteroatoms. The molecule has 3 atom stereocenters. The van der Waals surface area contributed by atoms with Crippen LogP contribution in [-0.4, -0.2) is 62.2 Å². The van der Waals surface area contributed by atoms with Crippen LogP contribution < -0.4 is 10.6 Å². The number of esters is 1. The lowest BCUT2D eigenvalue weighted by Gasteiger charge is -2.29. The largest absolute Gasteiger partial charge is 0.481 e. The third-order valence-electron chi connectivity index (χ3n) is 7.46. The van der Waals surface area contributed by atoms with Gasteiger partial charge in [-0.2, -0.15) is 0 Å². The van der Waals surface area contributed by atoms with Gasteiger partial charge in [0.2, 0.25) is 0 Å². The summed E-state index contributed by atoms with van der Waals surface area (Å²) in [5, 5.41) is 15.2. The molecule has 3 N–H and O–H groups in total. The third-order valence-corrected chi connectivity index (χ3v) is 9.81. The quantitative estimate of drug-likeness (QED) is 0.179. The highest BCUT2D eigenvalue weighted by Gasteiger charge is 2.35. The first-order valence-corrected chi connectivity index (χ1v) is 16.7. The van der Waals surface area contributed by atoms with Crippen molar-refractivity contribution in [2.45, 2.75) is 89.7 Å². The number of ether oxygens (including phenoxy) is 1. The highest BCUT2D eigenvalue weighted by atomic mass is 32.2. The predicted molar refractivity (Wildman–Crippen MR) is 163 cm³/mol. The standard InChI is InChI=1S/C32H46F2N2O6S/c1-5-9-28(10-6-2)43(40,41)21-25(17-31(37)38)32(39)42-30(20-36-19-23-12-8-11-22(7-3)13-23)29(35-4)16-24-14-26(33)18-27(34)15-24/h8,11-15,18,25,28-30,35-36H,5-7,9-10,16-17,19-21H2,1-4H3,(H,37,38)/t25?,29-,30+/m0/s1. The Labute approximate surface area is 254 Å². The van der Waals surface area contributed by atoms with Crippen LogP contribution in [0.1, 0.15) is 69.6 Å². The summed E-state index contributed by atoms with van der Waals surface area (Å²) in [6.45, 7) is 6.36. The molecular formula is C32H46F2N2O6S. The Morgan fingerprint density at radius 3 is 2.14 bits per heavy atom. The van der Waals surface area contributed by atoms with Crippen molar-refractivity contribution in [3.05, 3.63) is 70.8 Å². The highest BCUT2D eigenvalue weighted by molar-refractivity contribution is 7.92. The number of nitrogens with one attached hydrogen (secondary N) is 2. The number of carboxylic acids is 1. The molecule has 1 unspecified atom stereocenters. The van der Waals surface area contributed by atoms with Gasteiger partial charge in [-0.15, -0.1) is 0 Å². The Morgan fingerprint density at radius 2 is 1.58 bits per heavy atom. The van der Waals surface area contributed by atoms with Crippen LogP contribution in [0.25, 0.3) is 0 Å². The molecular weight excluding hydrogens is 578 g/mol. The topological polar surface area (TPSA) is 122 Å². The highest BCUT2D eigenvalue weighted by Crippen LogP contribution is 2.22. The van der Waals surface area contributed by atoms with Gasteiger partial charge in [-0.3, -0.25) is 9.59 Å². The second-order valence-corrected chi connectivity index (χ2v) is 13.3. The van der Waals surface area contributed by atoms with Crippen LogP contribution in [0.2, 0.25) is 0 Å². The summed E-state index contributed by atoms with van der Waals surface area (Å²) in [6.07, 6.45) is 1.45. The molecule has 2 aromatic rings. The Hall–Kier alpha value is -2.89. The number of likely N-dealkylation sites (N-methyl/N-ethyl adjacent to an activating group) is 1. The van der Waals surface area contributed by atoms with Gasteiger partial charge in [0.05, 0.1) is 23.3 Å². The van der Waals surface area contributed by atoms with E-state index in [0.717, 1.165) is 23.6 Å².